The second kappa shape index (κ2) is 6.26. The zero-order chi connectivity index (χ0) is 13.5. The third kappa shape index (κ3) is 6.66. The standard InChI is InChI=1S/C9H11NO3.NO3/c1-9(2,8(11)12)13-10-6-4-3-5-7-10;2-1(3)4/h3-7H,1-2H3;/q;-1/p+1. The highest BCUT2D eigenvalue weighted by molar-refractivity contribution is 5.76. The number of carboxylic acids is 1. The number of hydrogen-bond acceptors (Lipinski definition) is 5. The van der Waals surface area contributed by atoms with Crippen LogP contribution in [0.25, 0.3) is 0 Å². The van der Waals surface area contributed by atoms with Crippen LogP contribution in [0.4, 0.5) is 0 Å². The van der Waals surface area contributed by atoms with E-state index in [2.05, 4.69) is 0 Å². The van der Waals surface area contributed by atoms with Crippen LogP contribution in [-0.2, 0) is 4.79 Å². The zero-order valence-corrected chi connectivity index (χ0v) is 9.27. The Balaban J connectivity index is 0.000000557. The minimum atomic E-state index is -1.75. The summed E-state index contributed by atoms with van der Waals surface area (Å²) in [4.78, 5) is 24.1. The maximum atomic E-state index is 10.7. The summed E-state index contributed by atoms with van der Waals surface area (Å²) in [7, 11) is 0. The molecule has 94 valence electrons. The molecule has 8 nitrogen and oxygen atoms in total. The molecular formula is C9H12N2O6. The van der Waals surface area contributed by atoms with Gasteiger partial charge in [0.15, 0.2) is 0 Å². The molecule has 0 amide bonds. The van der Waals surface area contributed by atoms with Crippen LogP contribution in [0.5, 0.6) is 0 Å². The van der Waals surface area contributed by atoms with E-state index in [1.165, 1.54) is 18.6 Å². The Morgan fingerprint density at radius 2 is 1.71 bits per heavy atom. The van der Waals surface area contributed by atoms with Gasteiger partial charge in [0, 0.05) is 16.9 Å². The lowest BCUT2D eigenvalue weighted by atomic mass is 10.1. The second-order valence-electron chi connectivity index (χ2n) is 3.37. The number of rotatable bonds is 3. The van der Waals surface area contributed by atoms with Crippen LogP contribution in [0, 0.1) is 15.3 Å². The van der Waals surface area contributed by atoms with Gasteiger partial charge in [0.1, 0.15) is 0 Å². The molecule has 0 atom stereocenters. The number of nitrogens with zero attached hydrogens (tertiary/aromatic N) is 2. The summed E-state index contributed by atoms with van der Waals surface area (Å²) in [5, 5.41) is 23.5. The SMILES string of the molecule is CC(C)(O[n+]1ccccc1)C(=O)O.O=[N+]([O-])[O-]. The maximum absolute atomic E-state index is 10.7. The molecule has 0 spiro atoms. The van der Waals surface area contributed by atoms with Crippen molar-refractivity contribution < 1.29 is 24.6 Å². The van der Waals surface area contributed by atoms with Crippen molar-refractivity contribution in [1.29, 1.82) is 0 Å². The van der Waals surface area contributed by atoms with E-state index >= 15 is 0 Å². The summed E-state index contributed by atoms with van der Waals surface area (Å²) in [6.45, 7) is 2.99. The average Bonchev–Trinajstić information content (AvgIpc) is 2.17. The fourth-order valence-corrected chi connectivity index (χ4v) is 0.746. The van der Waals surface area contributed by atoms with Gasteiger partial charge >= 0.3 is 5.97 Å². The van der Waals surface area contributed by atoms with Gasteiger partial charge in [-0.25, -0.2) is 4.79 Å². The van der Waals surface area contributed by atoms with E-state index in [1.807, 2.05) is 6.07 Å². The lowest BCUT2D eigenvalue weighted by Gasteiger charge is -2.13. The molecule has 8 heteroatoms. The quantitative estimate of drug-likeness (QED) is 0.455. The minimum absolute atomic E-state index is 0.996. The van der Waals surface area contributed by atoms with Crippen LogP contribution in [-0.4, -0.2) is 21.8 Å². The molecule has 0 aliphatic heterocycles. The van der Waals surface area contributed by atoms with E-state index in [9.17, 15) is 4.79 Å². The van der Waals surface area contributed by atoms with Gasteiger partial charge in [-0.2, -0.15) is 0 Å². The van der Waals surface area contributed by atoms with E-state index < -0.39 is 16.7 Å². The van der Waals surface area contributed by atoms with Gasteiger partial charge < -0.3 is 20.4 Å². The monoisotopic (exact) mass is 244 g/mol. The largest absolute Gasteiger partial charge is 0.478 e. The molecule has 1 heterocycles. The number of aromatic nitrogens is 1. The summed E-state index contributed by atoms with van der Waals surface area (Å²) in [6.07, 6.45) is 3.29. The van der Waals surface area contributed by atoms with Crippen molar-refractivity contribution in [3.8, 4) is 0 Å². The molecule has 17 heavy (non-hydrogen) atoms. The fraction of sp³-hybridized carbons (Fsp3) is 0.333. The Bertz CT molecular complexity index is 374. The normalized spacial score (nSPS) is 9.76. The van der Waals surface area contributed by atoms with Crippen molar-refractivity contribution in [3.63, 3.8) is 0 Å². The molecule has 1 aromatic heterocycles. The first-order chi connectivity index (χ1) is 7.75. The summed E-state index contributed by atoms with van der Waals surface area (Å²) >= 11 is 0. The first-order valence-electron chi connectivity index (χ1n) is 4.46. The van der Waals surface area contributed by atoms with Gasteiger partial charge in [-0.3, -0.25) is 4.84 Å². The van der Waals surface area contributed by atoms with E-state index in [1.54, 1.807) is 24.5 Å². The first-order valence-corrected chi connectivity index (χ1v) is 4.46. The van der Waals surface area contributed by atoms with Crippen molar-refractivity contribution in [3.05, 3.63) is 45.9 Å². The lowest BCUT2D eigenvalue weighted by Crippen LogP contribution is -2.55. The van der Waals surface area contributed by atoms with Gasteiger partial charge in [0.25, 0.3) is 5.60 Å². The zero-order valence-electron chi connectivity index (χ0n) is 9.27. The van der Waals surface area contributed by atoms with Crippen molar-refractivity contribution in [2.75, 3.05) is 0 Å². The Morgan fingerprint density at radius 1 is 1.29 bits per heavy atom. The average molecular weight is 244 g/mol. The van der Waals surface area contributed by atoms with E-state index in [4.69, 9.17) is 25.3 Å². The molecule has 1 aromatic rings. The molecule has 0 saturated carbocycles. The fourth-order valence-electron chi connectivity index (χ4n) is 0.746. The van der Waals surface area contributed by atoms with E-state index in [0.717, 1.165) is 0 Å². The van der Waals surface area contributed by atoms with Crippen molar-refractivity contribution in [2.24, 2.45) is 0 Å². The third-order valence-electron chi connectivity index (χ3n) is 1.54. The second-order valence-corrected chi connectivity index (χ2v) is 3.37. The van der Waals surface area contributed by atoms with Gasteiger partial charge in [-0.05, 0) is 13.8 Å². The van der Waals surface area contributed by atoms with Gasteiger partial charge in [-0.15, -0.1) is 0 Å². The van der Waals surface area contributed by atoms with Crippen LogP contribution in [0.1, 0.15) is 13.8 Å². The van der Waals surface area contributed by atoms with Gasteiger partial charge in [0.2, 0.25) is 12.4 Å². The topological polar surface area (TPSA) is 117 Å². The van der Waals surface area contributed by atoms with Crippen LogP contribution < -0.4 is 9.57 Å². The Hall–Kier alpha value is -2.38. The number of carboxylic acid groups (broad SMARTS) is 1. The predicted molar refractivity (Wildman–Crippen MR) is 55.3 cm³/mol. The number of pyridine rings is 1. The van der Waals surface area contributed by atoms with E-state index in [0.29, 0.717) is 0 Å². The van der Waals surface area contributed by atoms with Crippen LogP contribution >= 0.6 is 0 Å². The van der Waals surface area contributed by atoms with E-state index in [-0.39, 0.29) is 0 Å². The van der Waals surface area contributed by atoms with Crippen LogP contribution in [0.15, 0.2) is 30.6 Å². The molecule has 0 bridgehead atoms. The first kappa shape index (κ1) is 14.6. The molecule has 0 saturated heterocycles. The molecule has 0 aliphatic carbocycles. The summed E-state index contributed by atoms with van der Waals surface area (Å²) in [6, 6.07) is 5.35. The van der Waals surface area contributed by atoms with Crippen molar-refractivity contribution >= 4 is 5.97 Å². The van der Waals surface area contributed by atoms with Crippen LogP contribution in [0.2, 0.25) is 0 Å². The maximum Gasteiger partial charge on any atom is 0.354 e. The summed E-state index contributed by atoms with van der Waals surface area (Å²) in [5.41, 5.74) is -1.22. The molecule has 0 radical (unpaired) electrons. The number of aliphatic carboxylic acids is 1. The van der Waals surface area contributed by atoms with Crippen molar-refractivity contribution in [2.45, 2.75) is 19.4 Å². The van der Waals surface area contributed by atoms with Gasteiger partial charge in [-0.1, -0.05) is 6.07 Å². The highest BCUT2D eigenvalue weighted by atomic mass is 16.9. The van der Waals surface area contributed by atoms with Crippen molar-refractivity contribution in [1.82, 2.24) is 0 Å². The molecule has 0 aliphatic rings. The molecule has 1 N–H and O–H groups in total. The lowest BCUT2D eigenvalue weighted by molar-refractivity contribution is -0.903. The van der Waals surface area contributed by atoms with Crippen LogP contribution in [0.3, 0.4) is 0 Å². The molecule has 0 unspecified atom stereocenters. The Kier molecular flexibility index (Phi) is 5.38. The highest BCUT2D eigenvalue weighted by Gasteiger charge is 2.34. The highest BCUT2D eigenvalue weighted by Crippen LogP contribution is 2.01. The molecular weight excluding hydrogens is 232 g/mol. The molecule has 0 aromatic carbocycles. The Morgan fingerprint density at radius 3 is 2.06 bits per heavy atom. The Labute approximate surface area is 96.8 Å². The minimum Gasteiger partial charge on any atom is -0.478 e. The predicted octanol–water partition coefficient (Wildman–Crippen LogP) is 0.0268. The third-order valence-corrected chi connectivity index (χ3v) is 1.54. The number of hydrogen-bond donors (Lipinski definition) is 1. The van der Waals surface area contributed by atoms with Gasteiger partial charge in [0.05, 0.1) is 5.09 Å². The smallest absolute Gasteiger partial charge is 0.354 e. The molecule has 1 rings (SSSR count). The molecule has 0 fully saturated rings. The summed E-state index contributed by atoms with van der Waals surface area (Å²) < 4.78 is 1.37. The summed E-state index contributed by atoms with van der Waals surface area (Å²) in [5.74, 6) is -0.996. The number of carbonyl (C=O) groups is 1.